The zero-order valence-corrected chi connectivity index (χ0v) is 14.1. The number of amides is 1. The van der Waals surface area contributed by atoms with Crippen molar-refractivity contribution in [3.8, 4) is 11.3 Å². The molecule has 1 N–H and O–H groups in total. The molecule has 1 aromatic carbocycles. The van der Waals surface area contributed by atoms with Gasteiger partial charge in [0.1, 0.15) is 17.3 Å². The number of carbonyl (C=O) groups is 1. The van der Waals surface area contributed by atoms with Crippen LogP contribution in [0.5, 0.6) is 0 Å². The lowest BCUT2D eigenvalue weighted by Gasteiger charge is -2.22. The molecule has 2 aromatic heterocycles. The Hall–Kier alpha value is -2.53. The van der Waals surface area contributed by atoms with Crippen molar-refractivity contribution >= 4 is 23.3 Å². The molecule has 122 valence electrons. The van der Waals surface area contributed by atoms with Crippen molar-refractivity contribution in [1.82, 2.24) is 9.78 Å². The number of fused-ring (bicyclic) bond motifs is 1. The summed E-state index contributed by atoms with van der Waals surface area (Å²) in [4.78, 5) is 12.1. The Kier molecular flexibility index (Phi) is 3.46. The highest BCUT2D eigenvalue weighted by Crippen LogP contribution is 2.40. The lowest BCUT2D eigenvalue weighted by molar-refractivity contribution is -0.116. The van der Waals surface area contributed by atoms with Crippen LogP contribution < -0.4 is 5.32 Å². The van der Waals surface area contributed by atoms with Gasteiger partial charge in [-0.25, -0.2) is 0 Å². The maximum atomic E-state index is 12.1. The fraction of sp³-hybridized carbons (Fsp3) is 0.222. The number of rotatable bonds is 2. The van der Waals surface area contributed by atoms with E-state index in [9.17, 15) is 4.79 Å². The van der Waals surface area contributed by atoms with Crippen LogP contribution in [-0.2, 0) is 11.8 Å². The van der Waals surface area contributed by atoms with Gasteiger partial charge < -0.3 is 9.73 Å². The third-order valence-electron chi connectivity index (χ3n) is 4.34. The molecule has 0 bridgehead atoms. The molecule has 1 aliphatic heterocycles. The van der Waals surface area contributed by atoms with Crippen LogP contribution in [0, 0.1) is 6.92 Å². The molecule has 6 heteroatoms. The molecule has 0 spiro atoms. The first-order chi connectivity index (χ1) is 11.5. The van der Waals surface area contributed by atoms with Crippen LogP contribution in [0.4, 0.5) is 5.82 Å². The number of furan rings is 1. The SMILES string of the molecule is Cc1nn(C)c2c1C(c1ccc(-c3cccc(Cl)c3)o1)CC(=O)N2. The standard InChI is InChI=1S/C18H16ClN3O2/c1-10-17-13(9-16(23)20-18(17)22(2)21-10)15-7-6-14(24-15)11-4-3-5-12(19)8-11/h3-8,13H,9H2,1-2H3,(H,20,23). The van der Waals surface area contributed by atoms with E-state index in [4.69, 9.17) is 16.0 Å². The second-order valence-electron chi connectivity index (χ2n) is 5.99. The van der Waals surface area contributed by atoms with Crippen molar-refractivity contribution in [3.05, 3.63) is 58.4 Å². The minimum atomic E-state index is -0.129. The first kappa shape index (κ1) is 15.0. The Morgan fingerprint density at radius 3 is 2.96 bits per heavy atom. The number of aryl methyl sites for hydroxylation is 2. The molecular formula is C18H16ClN3O2. The zero-order chi connectivity index (χ0) is 16.8. The molecular weight excluding hydrogens is 326 g/mol. The van der Waals surface area contributed by atoms with Gasteiger partial charge in [-0.05, 0) is 31.2 Å². The van der Waals surface area contributed by atoms with Crippen molar-refractivity contribution in [2.24, 2.45) is 7.05 Å². The van der Waals surface area contributed by atoms with E-state index < -0.39 is 0 Å². The maximum absolute atomic E-state index is 12.1. The van der Waals surface area contributed by atoms with Gasteiger partial charge in [-0.1, -0.05) is 23.7 Å². The van der Waals surface area contributed by atoms with Gasteiger partial charge >= 0.3 is 0 Å². The summed E-state index contributed by atoms with van der Waals surface area (Å²) < 4.78 is 7.76. The fourth-order valence-electron chi connectivity index (χ4n) is 3.29. The summed E-state index contributed by atoms with van der Waals surface area (Å²) in [5.41, 5.74) is 2.83. The normalized spacial score (nSPS) is 16.8. The molecule has 3 aromatic rings. The van der Waals surface area contributed by atoms with Gasteiger partial charge in [-0.3, -0.25) is 9.48 Å². The summed E-state index contributed by atoms with van der Waals surface area (Å²) in [5.74, 6) is 2.08. The van der Waals surface area contributed by atoms with E-state index in [1.165, 1.54) is 0 Å². The minimum absolute atomic E-state index is 0.0313. The third kappa shape index (κ3) is 2.41. The number of nitrogens with one attached hydrogen (secondary N) is 1. The lowest BCUT2D eigenvalue weighted by Crippen LogP contribution is -2.24. The van der Waals surface area contributed by atoms with Crippen LogP contribution in [0.3, 0.4) is 0 Å². The van der Waals surface area contributed by atoms with Crippen LogP contribution in [0.1, 0.15) is 29.4 Å². The summed E-state index contributed by atoms with van der Waals surface area (Å²) >= 11 is 6.05. The van der Waals surface area contributed by atoms with E-state index >= 15 is 0 Å². The van der Waals surface area contributed by atoms with Gasteiger partial charge in [0, 0.05) is 29.6 Å². The maximum Gasteiger partial charge on any atom is 0.226 e. The van der Waals surface area contributed by atoms with E-state index in [0.29, 0.717) is 11.4 Å². The highest BCUT2D eigenvalue weighted by atomic mass is 35.5. The highest BCUT2D eigenvalue weighted by Gasteiger charge is 2.33. The van der Waals surface area contributed by atoms with Gasteiger partial charge in [-0.15, -0.1) is 0 Å². The molecule has 1 unspecified atom stereocenters. The molecule has 0 aliphatic carbocycles. The Morgan fingerprint density at radius 1 is 1.33 bits per heavy atom. The number of aromatic nitrogens is 2. The quantitative estimate of drug-likeness (QED) is 0.762. The molecule has 0 fully saturated rings. The number of hydrogen-bond donors (Lipinski definition) is 1. The summed E-state index contributed by atoms with van der Waals surface area (Å²) in [7, 11) is 1.83. The van der Waals surface area contributed by atoms with Gasteiger partial charge in [-0.2, -0.15) is 5.10 Å². The molecule has 5 nitrogen and oxygen atoms in total. The molecule has 1 aliphatic rings. The average Bonchev–Trinajstić information content (AvgIpc) is 3.13. The van der Waals surface area contributed by atoms with E-state index in [2.05, 4.69) is 10.4 Å². The molecule has 4 rings (SSSR count). The number of carbonyl (C=O) groups excluding carboxylic acids is 1. The van der Waals surface area contributed by atoms with E-state index in [0.717, 1.165) is 34.2 Å². The number of nitrogens with zero attached hydrogens (tertiary/aromatic N) is 2. The zero-order valence-electron chi connectivity index (χ0n) is 13.3. The predicted molar refractivity (Wildman–Crippen MR) is 92.2 cm³/mol. The topological polar surface area (TPSA) is 60.1 Å². The van der Waals surface area contributed by atoms with Gasteiger partial charge in [0.15, 0.2) is 0 Å². The van der Waals surface area contributed by atoms with Crippen LogP contribution in [-0.4, -0.2) is 15.7 Å². The van der Waals surface area contributed by atoms with Gasteiger partial charge in [0.25, 0.3) is 0 Å². The summed E-state index contributed by atoms with van der Waals surface area (Å²) in [6.45, 7) is 1.95. The van der Waals surface area contributed by atoms with Crippen molar-refractivity contribution in [2.75, 3.05) is 5.32 Å². The lowest BCUT2D eigenvalue weighted by atomic mass is 9.90. The van der Waals surface area contributed by atoms with Crippen LogP contribution >= 0.6 is 11.6 Å². The van der Waals surface area contributed by atoms with Crippen LogP contribution in [0.2, 0.25) is 5.02 Å². The summed E-state index contributed by atoms with van der Waals surface area (Å²) in [6.07, 6.45) is 0.349. The summed E-state index contributed by atoms with van der Waals surface area (Å²) in [6, 6.07) is 11.4. The molecule has 1 atom stereocenters. The second-order valence-corrected chi connectivity index (χ2v) is 6.42. The monoisotopic (exact) mass is 341 g/mol. The molecule has 0 saturated heterocycles. The van der Waals surface area contributed by atoms with Gasteiger partial charge in [0.2, 0.25) is 5.91 Å². The van der Waals surface area contributed by atoms with E-state index in [1.807, 2.05) is 50.4 Å². The van der Waals surface area contributed by atoms with Gasteiger partial charge in [0.05, 0.1) is 11.6 Å². The third-order valence-corrected chi connectivity index (χ3v) is 4.58. The predicted octanol–water partition coefficient (Wildman–Crippen LogP) is 4.12. The summed E-state index contributed by atoms with van der Waals surface area (Å²) in [5, 5.41) is 7.98. The first-order valence-electron chi connectivity index (χ1n) is 7.72. The van der Waals surface area contributed by atoms with Crippen molar-refractivity contribution in [2.45, 2.75) is 19.3 Å². The van der Waals surface area contributed by atoms with Crippen molar-refractivity contribution < 1.29 is 9.21 Å². The van der Waals surface area contributed by atoms with E-state index in [1.54, 1.807) is 4.68 Å². The smallest absolute Gasteiger partial charge is 0.226 e. The Bertz CT molecular complexity index is 942. The van der Waals surface area contributed by atoms with Crippen molar-refractivity contribution in [3.63, 3.8) is 0 Å². The molecule has 3 heterocycles. The second kappa shape index (κ2) is 5.53. The first-order valence-corrected chi connectivity index (χ1v) is 8.09. The van der Waals surface area contributed by atoms with Crippen LogP contribution in [0.25, 0.3) is 11.3 Å². The number of hydrogen-bond acceptors (Lipinski definition) is 3. The Balaban J connectivity index is 1.77. The van der Waals surface area contributed by atoms with Crippen molar-refractivity contribution in [1.29, 1.82) is 0 Å². The molecule has 0 radical (unpaired) electrons. The number of benzene rings is 1. The number of anilines is 1. The van der Waals surface area contributed by atoms with Crippen LogP contribution in [0.15, 0.2) is 40.8 Å². The molecule has 24 heavy (non-hydrogen) atoms. The molecule has 0 saturated carbocycles. The average molecular weight is 342 g/mol. The largest absolute Gasteiger partial charge is 0.460 e. The Morgan fingerprint density at radius 2 is 2.17 bits per heavy atom. The number of halogens is 1. The highest BCUT2D eigenvalue weighted by molar-refractivity contribution is 6.30. The Labute approximate surface area is 144 Å². The molecule has 1 amide bonds. The minimum Gasteiger partial charge on any atom is -0.460 e. The fourth-order valence-corrected chi connectivity index (χ4v) is 3.48. The van der Waals surface area contributed by atoms with E-state index in [-0.39, 0.29) is 11.8 Å².